The summed E-state index contributed by atoms with van der Waals surface area (Å²) in [5, 5.41) is 50.5. The molecule has 2 N–H and O–H groups in total. The van der Waals surface area contributed by atoms with Crippen molar-refractivity contribution in [1.29, 1.82) is 0 Å². The standard InChI is InChI=1S/3C2H2O4.K.Ru/c3*3-1(4)2(5)6;;/h3*(H,3,4)(H,5,6);;/q;;;+1;+3/p-4. The van der Waals surface area contributed by atoms with Gasteiger partial charge in [0.05, 0.1) is 23.9 Å². The summed E-state index contributed by atoms with van der Waals surface area (Å²) in [6.45, 7) is 0. The van der Waals surface area contributed by atoms with Crippen molar-refractivity contribution in [1.82, 2.24) is 0 Å². The molecular weight excluding hydrogens is 404 g/mol. The zero-order valence-corrected chi connectivity index (χ0v) is 14.2. The van der Waals surface area contributed by atoms with Gasteiger partial charge >= 0.3 is 82.8 Å². The van der Waals surface area contributed by atoms with E-state index in [4.69, 9.17) is 59.4 Å². The molecule has 0 fully saturated rings. The molecule has 0 aromatic rings. The molecule has 0 aromatic heterocycles. The average Bonchev–Trinajstić information content (AvgIpc) is 2.18. The Bertz CT molecular complexity index is 283. The molecule has 0 atom stereocenters. The fraction of sp³-hybridized carbons (Fsp3) is 0. The Morgan fingerprint density at radius 2 is 0.650 bits per heavy atom. The van der Waals surface area contributed by atoms with Crippen LogP contribution in [-0.2, 0) is 48.2 Å². The molecule has 1 radical (unpaired) electrons. The molecule has 0 unspecified atom stereocenters. The van der Waals surface area contributed by atoms with Crippen LogP contribution in [0.25, 0.3) is 0 Å². The van der Waals surface area contributed by atoms with E-state index in [1.165, 1.54) is 0 Å². The Morgan fingerprint density at radius 1 is 0.550 bits per heavy atom. The molecule has 0 aliphatic heterocycles. The number of hydrogen-bond donors (Lipinski definition) is 2. The molecule has 0 spiro atoms. The maximum absolute atomic E-state index is 9.10. The van der Waals surface area contributed by atoms with Crippen LogP contribution in [0.4, 0.5) is 0 Å². The second kappa shape index (κ2) is 18.1. The average molecular weight is 406 g/mol. The Balaban J connectivity index is -0.0000000536. The number of carbonyl (C=O) groups is 6. The molecule has 0 amide bonds. The van der Waals surface area contributed by atoms with Gasteiger partial charge in [-0.2, -0.15) is 0 Å². The first-order chi connectivity index (χ1) is 7.93. The predicted octanol–water partition coefficient (Wildman–Crippen LogP) is -10.9. The van der Waals surface area contributed by atoms with E-state index in [0.717, 1.165) is 0 Å². The Hall–Kier alpha value is -0.920. The predicted molar refractivity (Wildman–Crippen MR) is 35.3 cm³/mol. The molecule has 0 bridgehead atoms. The third kappa shape index (κ3) is 36.0. The summed E-state index contributed by atoms with van der Waals surface area (Å²) in [5.74, 6) is -12.4. The van der Waals surface area contributed by atoms with Crippen molar-refractivity contribution in [3.05, 3.63) is 0 Å². The van der Waals surface area contributed by atoms with Gasteiger partial charge in [0.1, 0.15) is 0 Å². The minimum atomic E-state index is -2.19. The maximum Gasteiger partial charge on any atom is 3.00 e. The van der Waals surface area contributed by atoms with Gasteiger partial charge in [-0.05, 0) is 0 Å². The Labute approximate surface area is 164 Å². The molecule has 0 aliphatic carbocycles. The zero-order valence-electron chi connectivity index (χ0n) is 9.33. The Morgan fingerprint density at radius 3 is 0.650 bits per heavy atom. The van der Waals surface area contributed by atoms with Gasteiger partial charge in [0, 0.05) is 0 Å². The van der Waals surface area contributed by atoms with Crippen molar-refractivity contribution in [2.24, 2.45) is 0 Å². The molecule has 12 nitrogen and oxygen atoms in total. The topological polar surface area (TPSA) is 235 Å². The van der Waals surface area contributed by atoms with E-state index in [0.29, 0.717) is 0 Å². The van der Waals surface area contributed by atoms with E-state index in [1.807, 2.05) is 0 Å². The van der Waals surface area contributed by atoms with Crippen molar-refractivity contribution in [3.8, 4) is 0 Å². The second-order valence-corrected chi connectivity index (χ2v) is 1.76. The smallest absolute Gasteiger partial charge is 0.543 e. The molecule has 107 valence electrons. The van der Waals surface area contributed by atoms with E-state index in [2.05, 4.69) is 0 Å². The van der Waals surface area contributed by atoms with Crippen LogP contribution in [0, 0.1) is 0 Å². The first kappa shape index (κ1) is 31.5. The molecule has 20 heavy (non-hydrogen) atoms. The van der Waals surface area contributed by atoms with Gasteiger partial charge in [0.2, 0.25) is 0 Å². The van der Waals surface area contributed by atoms with Crippen LogP contribution < -0.4 is 71.8 Å². The number of carboxylic acid groups (broad SMARTS) is 6. The van der Waals surface area contributed by atoms with Gasteiger partial charge in [0.25, 0.3) is 0 Å². The minimum Gasteiger partial charge on any atom is -0.543 e. The largest absolute Gasteiger partial charge is 3.00 e. The molecule has 0 saturated carbocycles. The fourth-order valence-corrected chi connectivity index (χ4v) is 0. The normalized spacial score (nSPS) is 6.60. The summed E-state index contributed by atoms with van der Waals surface area (Å²) in [7, 11) is 0. The van der Waals surface area contributed by atoms with E-state index in [9.17, 15) is 0 Å². The van der Waals surface area contributed by atoms with Crippen LogP contribution in [0.2, 0.25) is 0 Å². The monoisotopic (exact) mass is 407 g/mol. The van der Waals surface area contributed by atoms with Crippen LogP contribution in [-0.4, -0.2) is 46.0 Å². The third-order valence-corrected chi connectivity index (χ3v) is 0.516. The number of carbonyl (C=O) groups excluding carboxylic acids is 4. The van der Waals surface area contributed by atoms with Crippen LogP contribution in [0.15, 0.2) is 0 Å². The van der Waals surface area contributed by atoms with E-state index >= 15 is 0 Å². The van der Waals surface area contributed by atoms with Gasteiger partial charge in [-0.3, -0.25) is 0 Å². The summed E-state index contributed by atoms with van der Waals surface area (Å²) in [6.07, 6.45) is 0. The summed E-state index contributed by atoms with van der Waals surface area (Å²) >= 11 is 0. The fourth-order valence-electron chi connectivity index (χ4n) is 0. The van der Waals surface area contributed by atoms with Crippen molar-refractivity contribution in [3.63, 3.8) is 0 Å². The van der Waals surface area contributed by atoms with E-state index in [1.54, 1.807) is 0 Å². The minimum absolute atomic E-state index is 0. The van der Waals surface area contributed by atoms with Gasteiger partial charge < -0.3 is 49.8 Å². The van der Waals surface area contributed by atoms with Gasteiger partial charge in [-0.1, -0.05) is 0 Å². The molecular formula is C6H2KO12Ru. The summed E-state index contributed by atoms with van der Waals surface area (Å²) in [5.41, 5.74) is 0. The first-order valence-corrected chi connectivity index (χ1v) is 3.24. The van der Waals surface area contributed by atoms with Crippen molar-refractivity contribution in [2.45, 2.75) is 0 Å². The molecule has 0 aromatic carbocycles. The molecule has 0 heterocycles. The van der Waals surface area contributed by atoms with Gasteiger partial charge in [-0.25, -0.2) is 9.59 Å². The number of rotatable bonds is 0. The van der Waals surface area contributed by atoms with Crippen molar-refractivity contribution < 1.29 is 130 Å². The zero-order chi connectivity index (χ0) is 15.5. The molecule has 0 saturated heterocycles. The number of carboxylic acids is 6. The summed E-state index contributed by atoms with van der Waals surface area (Å²) in [6, 6.07) is 0. The maximum atomic E-state index is 9.10. The molecule has 0 aliphatic rings. The SMILES string of the molecule is O=C(O)C(=O)O.O=C([O-])C(=O)[O-].O=C([O-])C(=O)[O-].[K+].[Ru+3]. The van der Waals surface area contributed by atoms with Crippen LogP contribution in [0.3, 0.4) is 0 Å². The third-order valence-electron chi connectivity index (χ3n) is 0.516. The van der Waals surface area contributed by atoms with E-state index in [-0.39, 0.29) is 70.9 Å². The number of aliphatic carboxylic acids is 6. The quantitative estimate of drug-likeness (QED) is 0.282. The van der Waals surface area contributed by atoms with Gasteiger partial charge in [-0.15, -0.1) is 0 Å². The summed E-state index contributed by atoms with van der Waals surface area (Å²) < 4.78 is 0. The van der Waals surface area contributed by atoms with Crippen LogP contribution in [0.5, 0.6) is 0 Å². The number of hydrogen-bond acceptors (Lipinski definition) is 10. The van der Waals surface area contributed by atoms with Crippen LogP contribution in [0.1, 0.15) is 0 Å². The van der Waals surface area contributed by atoms with E-state index < -0.39 is 35.8 Å². The molecule has 14 heteroatoms. The second-order valence-electron chi connectivity index (χ2n) is 1.76. The van der Waals surface area contributed by atoms with Gasteiger partial charge in [0.15, 0.2) is 0 Å². The van der Waals surface area contributed by atoms with Crippen LogP contribution >= 0.6 is 0 Å². The van der Waals surface area contributed by atoms with Crippen molar-refractivity contribution in [2.75, 3.05) is 0 Å². The Kier molecular flexibility index (Phi) is 28.4. The van der Waals surface area contributed by atoms with Crippen molar-refractivity contribution >= 4 is 35.8 Å². The molecule has 0 rings (SSSR count). The summed E-state index contributed by atoms with van der Waals surface area (Å²) in [4.78, 5) is 53.9. The first-order valence-electron chi connectivity index (χ1n) is 3.24.